The van der Waals surface area contributed by atoms with Gasteiger partial charge in [0.1, 0.15) is 0 Å². The summed E-state index contributed by atoms with van der Waals surface area (Å²) < 4.78 is 3.17. The zero-order valence-electron chi connectivity index (χ0n) is 6.87. The van der Waals surface area contributed by atoms with E-state index in [1.807, 2.05) is 24.3 Å². The van der Waals surface area contributed by atoms with Crippen molar-refractivity contribution in [2.45, 2.75) is 6.54 Å². The van der Waals surface area contributed by atoms with E-state index < -0.39 is 0 Å². The first-order chi connectivity index (χ1) is 6.33. The third-order valence-electron chi connectivity index (χ3n) is 1.88. The molecule has 1 aromatic carbocycles. The number of benzene rings is 1. The molecule has 0 spiro atoms. The van der Waals surface area contributed by atoms with Gasteiger partial charge in [-0.25, -0.2) is 0 Å². The average Bonchev–Trinajstić information content (AvgIpc) is 2.44. The number of para-hydroxylation sites is 1. The Balaban J connectivity index is 2.71. The van der Waals surface area contributed by atoms with Crippen molar-refractivity contribution in [3.63, 3.8) is 0 Å². The predicted octanol–water partition coefficient (Wildman–Crippen LogP) is 1.30. The van der Waals surface area contributed by atoms with Crippen LogP contribution in [0.4, 0.5) is 0 Å². The van der Waals surface area contributed by atoms with E-state index in [4.69, 9.17) is 11.6 Å². The number of aryl methyl sites for hydroxylation is 1. The van der Waals surface area contributed by atoms with Crippen LogP contribution >= 0.6 is 11.6 Å². The van der Waals surface area contributed by atoms with Crippen LogP contribution < -0.4 is 4.43 Å². The maximum absolute atomic E-state index is 11.5. The standard InChI is InChI=1S/C9H8ClNOSe/c10-5-6-11-7-3-1-2-4-8(7)13-9(11)12/h1-4H,5-6H2. The van der Waals surface area contributed by atoms with Crippen LogP contribution in [0.2, 0.25) is 0 Å². The molecule has 0 atom stereocenters. The van der Waals surface area contributed by atoms with Gasteiger partial charge in [0, 0.05) is 0 Å². The summed E-state index contributed by atoms with van der Waals surface area (Å²) in [4.78, 5) is 11.5. The second-order valence-corrected chi connectivity index (χ2v) is 5.14. The average molecular weight is 261 g/mol. The summed E-state index contributed by atoms with van der Waals surface area (Å²) in [5.41, 5.74) is 1.05. The van der Waals surface area contributed by atoms with E-state index in [0.29, 0.717) is 12.4 Å². The van der Waals surface area contributed by atoms with Crippen molar-refractivity contribution in [2.24, 2.45) is 0 Å². The van der Waals surface area contributed by atoms with Gasteiger partial charge in [-0.05, 0) is 0 Å². The fourth-order valence-corrected chi connectivity index (χ4v) is 3.40. The van der Waals surface area contributed by atoms with Crippen molar-refractivity contribution in [3.05, 3.63) is 33.5 Å². The Morgan fingerprint density at radius 2 is 2.15 bits per heavy atom. The molecule has 13 heavy (non-hydrogen) atoms. The molecule has 0 aliphatic carbocycles. The van der Waals surface area contributed by atoms with E-state index in [1.54, 1.807) is 4.57 Å². The van der Waals surface area contributed by atoms with Crippen LogP contribution in [-0.4, -0.2) is 25.0 Å². The van der Waals surface area contributed by atoms with E-state index in [0.717, 1.165) is 5.52 Å². The molecule has 0 N–H and O–H groups in total. The predicted molar refractivity (Wildman–Crippen MR) is 55.9 cm³/mol. The van der Waals surface area contributed by atoms with Gasteiger partial charge in [-0.1, -0.05) is 0 Å². The van der Waals surface area contributed by atoms with Crippen LogP contribution in [0.25, 0.3) is 9.78 Å². The minimum atomic E-state index is -0.0390. The molecule has 2 rings (SSSR count). The normalized spacial score (nSPS) is 10.8. The first kappa shape index (κ1) is 9.07. The third-order valence-corrected chi connectivity index (χ3v) is 4.07. The first-order valence-electron chi connectivity index (χ1n) is 3.97. The van der Waals surface area contributed by atoms with E-state index in [-0.39, 0.29) is 18.9 Å². The summed E-state index contributed by atoms with van der Waals surface area (Å²) in [6.07, 6.45) is 0. The molecule has 1 aromatic heterocycles. The summed E-state index contributed by atoms with van der Waals surface area (Å²) >= 11 is 5.59. The van der Waals surface area contributed by atoms with Crippen LogP contribution in [0.5, 0.6) is 0 Å². The number of hydrogen-bond acceptors (Lipinski definition) is 1. The number of nitrogens with zero attached hydrogens (tertiary/aromatic N) is 1. The fourth-order valence-electron chi connectivity index (χ4n) is 1.31. The summed E-state index contributed by atoms with van der Waals surface area (Å²) in [6, 6.07) is 7.92. The molecular weight excluding hydrogens is 253 g/mol. The molecule has 0 aliphatic rings. The van der Waals surface area contributed by atoms with Crippen molar-refractivity contribution in [3.8, 4) is 0 Å². The second-order valence-electron chi connectivity index (χ2n) is 2.68. The molecule has 1 heterocycles. The summed E-state index contributed by atoms with van der Waals surface area (Å²) in [7, 11) is 0. The third kappa shape index (κ3) is 1.60. The molecule has 0 bridgehead atoms. The monoisotopic (exact) mass is 261 g/mol. The molecule has 0 saturated heterocycles. The van der Waals surface area contributed by atoms with Gasteiger partial charge in [0.15, 0.2) is 0 Å². The maximum atomic E-state index is 11.5. The Morgan fingerprint density at radius 3 is 2.92 bits per heavy atom. The molecule has 0 amide bonds. The van der Waals surface area contributed by atoms with Gasteiger partial charge < -0.3 is 0 Å². The van der Waals surface area contributed by atoms with Gasteiger partial charge in [0.2, 0.25) is 0 Å². The zero-order chi connectivity index (χ0) is 9.26. The number of alkyl halides is 1. The van der Waals surface area contributed by atoms with E-state index in [2.05, 4.69) is 0 Å². The van der Waals surface area contributed by atoms with Crippen LogP contribution in [0, 0.1) is 0 Å². The summed E-state index contributed by atoms with van der Waals surface area (Å²) in [5, 5.41) is 0. The van der Waals surface area contributed by atoms with E-state index in [9.17, 15) is 4.79 Å². The first-order valence-corrected chi connectivity index (χ1v) is 6.22. The van der Waals surface area contributed by atoms with Crippen molar-refractivity contribution >= 4 is 35.9 Å². The van der Waals surface area contributed by atoms with Crippen LogP contribution in [0.15, 0.2) is 29.1 Å². The molecule has 2 nitrogen and oxygen atoms in total. The quantitative estimate of drug-likeness (QED) is 0.589. The fraction of sp³-hybridized carbons (Fsp3) is 0.222. The van der Waals surface area contributed by atoms with Crippen LogP contribution in [0.3, 0.4) is 0 Å². The van der Waals surface area contributed by atoms with Crippen molar-refractivity contribution in [2.75, 3.05) is 5.88 Å². The number of aromatic nitrogens is 1. The molecular formula is C9H8ClNOSe. The Kier molecular flexibility index (Phi) is 2.58. The number of fused-ring (bicyclic) bond motifs is 1. The molecule has 0 unspecified atom stereocenters. The van der Waals surface area contributed by atoms with Crippen LogP contribution in [-0.2, 0) is 6.54 Å². The molecule has 0 saturated carbocycles. The molecule has 0 aliphatic heterocycles. The Labute approximate surface area is 86.5 Å². The molecule has 4 heteroatoms. The van der Waals surface area contributed by atoms with E-state index in [1.165, 1.54) is 4.26 Å². The van der Waals surface area contributed by atoms with Crippen LogP contribution in [0.1, 0.15) is 0 Å². The summed E-state index contributed by atoms with van der Waals surface area (Å²) in [6.45, 7) is 0.624. The van der Waals surface area contributed by atoms with Crippen molar-refractivity contribution < 1.29 is 0 Å². The summed E-state index contributed by atoms with van der Waals surface area (Å²) in [5.74, 6) is 0.496. The zero-order valence-corrected chi connectivity index (χ0v) is 9.33. The van der Waals surface area contributed by atoms with Gasteiger partial charge in [-0.3, -0.25) is 0 Å². The van der Waals surface area contributed by atoms with Gasteiger partial charge in [-0.15, -0.1) is 0 Å². The Morgan fingerprint density at radius 1 is 1.38 bits per heavy atom. The van der Waals surface area contributed by atoms with Gasteiger partial charge in [-0.2, -0.15) is 0 Å². The SMILES string of the molecule is O=c1[se]c2ccccc2n1CCCl. The molecule has 68 valence electrons. The number of rotatable bonds is 2. The van der Waals surface area contributed by atoms with Gasteiger partial charge in [0.05, 0.1) is 0 Å². The Bertz CT molecular complexity index is 474. The minimum absolute atomic E-state index is 0.0390. The molecule has 0 radical (unpaired) electrons. The number of halogens is 1. The van der Waals surface area contributed by atoms with Crippen molar-refractivity contribution in [1.82, 2.24) is 4.57 Å². The number of hydrogen-bond donors (Lipinski definition) is 0. The Hall–Kier alpha value is -0.501. The van der Waals surface area contributed by atoms with Gasteiger partial charge >= 0.3 is 86.4 Å². The van der Waals surface area contributed by atoms with E-state index >= 15 is 0 Å². The molecule has 2 aromatic rings. The second kappa shape index (κ2) is 3.70. The molecule has 0 fully saturated rings. The topological polar surface area (TPSA) is 22.0 Å². The van der Waals surface area contributed by atoms with Gasteiger partial charge in [0.25, 0.3) is 0 Å². The van der Waals surface area contributed by atoms with Crippen molar-refractivity contribution in [1.29, 1.82) is 0 Å².